The van der Waals surface area contributed by atoms with E-state index in [2.05, 4.69) is 0 Å². The van der Waals surface area contributed by atoms with Crippen molar-refractivity contribution in [3.05, 3.63) is 23.0 Å². The van der Waals surface area contributed by atoms with Crippen LogP contribution in [-0.4, -0.2) is 34.2 Å². The third-order valence-electron chi connectivity index (χ3n) is 3.94. The number of rotatable bonds is 4. The molecular formula is C15H22N2O2. The Morgan fingerprint density at radius 3 is 2.63 bits per heavy atom. The number of hydrogen-bond acceptors (Lipinski definition) is 2. The Bertz CT molecular complexity index is 498. The summed E-state index contributed by atoms with van der Waals surface area (Å²) in [5.74, 6) is 0.350. The molecule has 0 saturated heterocycles. The maximum absolute atomic E-state index is 12.2. The maximum Gasteiger partial charge on any atom is 0.242 e. The molecule has 0 aromatic carbocycles. The van der Waals surface area contributed by atoms with Gasteiger partial charge in [-0.2, -0.15) is 0 Å². The monoisotopic (exact) mass is 262 g/mol. The summed E-state index contributed by atoms with van der Waals surface area (Å²) in [4.78, 5) is 25.9. The number of aromatic nitrogens is 1. The van der Waals surface area contributed by atoms with Crippen LogP contribution in [0.5, 0.6) is 0 Å². The van der Waals surface area contributed by atoms with Crippen molar-refractivity contribution >= 4 is 11.7 Å². The molecule has 0 radical (unpaired) electrons. The van der Waals surface area contributed by atoms with Crippen molar-refractivity contribution in [2.45, 2.75) is 46.6 Å². The van der Waals surface area contributed by atoms with Crippen LogP contribution in [0.3, 0.4) is 0 Å². The van der Waals surface area contributed by atoms with Crippen molar-refractivity contribution in [1.29, 1.82) is 0 Å². The first-order chi connectivity index (χ1) is 9.08. The minimum atomic E-state index is 0.129. The molecular weight excluding hydrogens is 240 g/mol. The molecule has 0 aliphatic heterocycles. The molecule has 0 saturated carbocycles. The van der Waals surface area contributed by atoms with Gasteiger partial charge in [-0.15, -0.1) is 0 Å². The van der Waals surface area contributed by atoms with Gasteiger partial charge in [0.05, 0.1) is 0 Å². The number of carbonyl (C=O) groups is 2. The van der Waals surface area contributed by atoms with E-state index >= 15 is 0 Å². The Hall–Kier alpha value is -1.58. The quantitative estimate of drug-likeness (QED) is 0.834. The van der Waals surface area contributed by atoms with Crippen LogP contribution in [0, 0.1) is 6.92 Å². The Morgan fingerprint density at radius 1 is 1.32 bits per heavy atom. The first-order valence-corrected chi connectivity index (χ1v) is 7.08. The Kier molecular flexibility index (Phi) is 4.08. The SMILES string of the molecule is CCN(CC)C(=O)Cn1c(C)cc2c1CCCC2=O. The topological polar surface area (TPSA) is 42.3 Å². The van der Waals surface area contributed by atoms with Gasteiger partial charge in [-0.1, -0.05) is 0 Å². The average molecular weight is 262 g/mol. The molecule has 0 fully saturated rings. The number of Topliss-reactive ketones (excluding diaryl/α,β-unsaturated/α-hetero) is 1. The second kappa shape index (κ2) is 5.59. The van der Waals surface area contributed by atoms with E-state index in [-0.39, 0.29) is 11.7 Å². The van der Waals surface area contributed by atoms with Gasteiger partial charge in [0.25, 0.3) is 0 Å². The van der Waals surface area contributed by atoms with E-state index in [0.29, 0.717) is 13.0 Å². The molecule has 4 nitrogen and oxygen atoms in total. The third kappa shape index (κ3) is 2.57. The van der Waals surface area contributed by atoms with Crippen molar-refractivity contribution in [3.63, 3.8) is 0 Å². The lowest BCUT2D eigenvalue weighted by Crippen LogP contribution is -2.34. The van der Waals surface area contributed by atoms with E-state index in [4.69, 9.17) is 0 Å². The normalized spacial score (nSPS) is 14.4. The molecule has 1 aromatic rings. The van der Waals surface area contributed by atoms with Crippen LogP contribution in [0.2, 0.25) is 0 Å². The number of hydrogen-bond donors (Lipinski definition) is 0. The highest BCUT2D eigenvalue weighted by Gasteiger charge is 2.24. The zero-order chi connectivity index (χ0) is 14.0. The zero-order valence-electron chi connectivity index (χ0n) is 12.0. The number of fused-ring (bicyclic) bond motifs is 1. The van der Waals surface area contributed by atoms with Crippen LogP contribution in [0.25, 0.3) is 0 Å². The molecule has 1 amide bonds. The summed E-state index contributed by atoms with van der Waals surface area (Å²) in [6, 6.07) is 1.94. The Balaban J connectivity index is 2.26. The van der Waals surface area contributed by atoms with Crippen molar-refractivity contribution in [2.24, 2.45) is 0 Å². The summed E-state index contributed by atoms with van der Waals surface area (Å²) in [5, 5.41) is 0. The standard InChI is InChI=1S/C15H22N2O2/c1-4-16(5-2)15(19)10-17-11(3)9-12-13(17)7-6-8-14(12)18/h9H,4-8,10H2,1-3H3. The second-order valence-corrected chi connectivity index (χ2v) is 5.07. The van der Waals surface area contributed by atoms with Gasteiger partial charge in [-0.3, -0.25) is 9.59 Å². The predicted molar refractivity (Wildman–Crippen MR) is 74.4 cm³/mol. The summed E-state index contributed by atoms with van der Waals surface area (Å²) in [7, 11) is 0. The van der Waals surface area contributed by atoms with E-state index in [9.17, 15) is 9.59 Å². The Morgan fingerprint density at radius 2 is 2.00 bits per heavy atom. The van der Waals surface area contributed by atoms with Crippen LogP contribution in [0.4, 0.5) is 0 Å². The minimum absolute atomic E-state index is 0.129. The number of nitrogens with zero attached hydrogens (tertiary/aromatic N) is 2. The van der Waals surface area contributed by atoms with E-state index in [1.807, 2.05) is 36.3 Å². The van der Waals surface area contributed by atoms with Gasteiger partial charge in [0.1, 0.15) is 6.54 Å². The first kappa shape index (κ1) is 13.8. The van der Waals surface area contributed by atoms with Gasteiger partial charge in [-0.05, 0) is 39.7 Å². The van der Waals surface area contributed by atoms with E-state index < -0.39 is 0 Å². The van der Waals surface area contributed by atoms with Gasteiger partial charge in [0, 0.05) is 36.5 Å². The maximum atomic E-state index is 12.2. The summed E-state index contributed by atoms with van der Waals surface area (Å²) in [5.41, 5.74) is 2.89. The van der Waals surface area contributed by atoms with Crippen LogP contribution >= 0.6 is 0 Å². The molecule has 104 valence electrons. The van der Waals surface area contributed by atoms with Gasteiger partial charge in [0.15, 0.2) is 5.78 Å². The molecule has 1 heterocycles. The lowest BCUT2D eigenvalue weighted by atomic mass is 9.97. The van der Waals surface area contributed by atoms with Gasteiger partial charge >= 0.3 is 0 Å². The highest BCUT2D eigenvalue weighted by molar-refractivity contribution is 5.98. The van der Waals surface area contributed by atoms with Crippen LogP contribution in [0.15, 0.2) is 6.07 Å². The minimum Gasteiger partial charge on any atom is -0.342 e. The number of likely N-dealkylation sites (N-methyl/N-ethyl adjacent to an activating group) is 1. The molecule has 0 N–H and O–H groups in total. The molecule has 0 spiro atoms. The van der Waals surface area contributed by atoms with E-state index in [1.165, 1.54) is 0 Å². The van der Waals surface area contributed by atoms with E-state index in [1.54, 1.807) is 0 Å². The highest BCUT2D eigenvalue weighted by Crippen LogP contribution is 2.25. The molecule has 4 heteroatoms. The largest absolute Gasteiger partial charge is 0.342 e. The van der Waals surface area contributed by atoms with E-state index in [0.717, 1.165) is 42.9 Å². The fourth-order valence-electron chi connectivity index (χ4n) is 2.82. The van der Waals surface area contributed by atoms with Crippen molar-refractivity contribution < 1.29 is 9.59 Å². The lowest BCUT2D eigenvalue weighted by molar-refractivity contribution is -0.131. The van der Waals surface area contributed by atoms with Crippen LogP contribution in [-0.2, 0) is 17.8 Å². The molecule has 2 rings (SSSR count). The first-order valence-electron chi connectivity index (χ1n) is 7.08. The van der Waals surface area contributed by atoms with Crippen LogP contribution < -0.4 is 0 Å². The zero-order valence-corrected chi connectivity index (χ0v) is 12.0. The summed E-state index contributed by atoms with van der Waals surface area (Å²) >= 11 is 0. The van der Waals surface area contributed by atoms with Crippen molar-refractivity contribution in [1.82, 2.24) is 9.47 Å². The highest BCUT2D eigenvalue weighted by atomic mass is 16.2. The van der Waals surface area contributed by atoms with Crippen LogP contribution in [0.1, 0.15) is 48.4 Å². The molecule has 1 aliphatic rings. The second-order valence-electron chi connectivity index (χ2n) is 5.07. The fourth-order valence-corrected chi connectivity index (χ4v) is 2.82. The molecule has 19 heavy (non-hydrogen) atoms. The lowest BCUT2D eigenvalue weighted by Gasteiger charge is -2.21. The summed E-state index contributed by atoms with van der Waals surface area (Å²) in [6.45, 7) is 7.77. The van der Waals surface area contributed by atoms with Gasteiger partial charge < -0.3 is 9.47 Å². The molecule has 1 aliphatic carbocycles. The number of aryl methyl sites for hydroxylation is 1. The summed E-state index contributed by atoms with van der Waals surface area (Å²) in [6.07, 6.45) is 2.44. The average Bonchev–Trinajstić information content (AvgIpc) is 2.70. The van der Waals surface area contributed by atoms with Gasteiger partial charge in [0.2, 0.25) is 5.91 Å². The molecule has 1 aromatic heterocycles. The number of ketones is 1. The smallest absolute Gasteiger partial charge is 0.242 e. The predicted octanol–water partition coefficient (Wildman–Crippen LogP) is 2.18. The van der Waals surface area contributed by atoms with Gasteiger partial charge in [-0.25, -0.2) is 0 Å². The van der Waals surface area contributed by atoms with Crippen molar-refractivity contribution in [3.8, 4) is 0 Å². The number of amides is 1. The third-order valence-corrected chi connectivity index (χ3v) is 3.94. The summed E-state index contributed by atoms with van der Waals surface area (Å²) < 4.78 is 2.02. The molecule has 0 bridgehead atoms. The molecule has 0 atom stereocenters. The van der Waals surface area contributed by atoms with Crippen molar-refractivity contribution in [2.75, 3.05) is 13.1 Å². The molecule has 0 unspecified atom stereocenters. The Labute approximate surface area is 114 Å². The number of carbonyl (C=O) groups excluding carboxylic acids is 2. The fraction of sp³-hybridized carbons (Fsp3) is 0.600.